The number of hydrogen-bond acceptors (Lipinski definition) is 4. The maximum atomic E-state index is 13.1. The predicted octanol–water partition coefficient (Wildman–Crippen LogP) is 4.86. The van der Waals surface area contributed by atoms with Crippen molar-refractivity contribution in [1.29, 1.82) is 0 Å². The Hall–Kier alpha value is -2.47. The van der Waals surface area contributed by atoms with Crippen LogP contribution in [0.4, 0.5) is 0 Å². The van der Waals surface area contributed by atoms with Gasteiger partial charge in [0, 0.05) is 30.3 Å². The van der Waals surface area contributed by atoms with Crippen molar-refractivity contribution < 1.29 is 4.79 Å². The molecule has 3 aromatic rings. The summed E-state index contributed by atoms with van der Waals surface area (Å²) in [6, 6.07) is 10.7. The minimum Gasteiger partial charge on any atom is -0.335 e. The predicted molar refractivity (Wildman–Crippen MR) is 117 cm³/mol. The maximum Gasteiger partial charge on any atom is 0.266 e. The molecule has 29 heavy (non-hydrogen) atoms. The summed E-state index contributed by atoms with van der Waals surface area (Å²) < 4.78 is 1.90. The highest BCUT2D eigenvalue weighted by Crippen LogP contribution is 2.28. The van der Waals surface area contributed by atoms with Gasteiger partial charge in [0.15, 0.2) is 0 Å². The Bertz CT molecular complexity index is 1020. The lowest BCUT2D eigenvalue weighted by Crippen LogP contribution is -2.41. The van der Waals surface area contributed by atoms with E-state index in [9.17, 15) is 4.79 Å². The number of rotatable bonds is 4. The van der Waals surface area contributed by atoms with Crippen molar-refractivity contribution in [2.24, 2.45) is 0 Å². The third-order valence-electron chi connectivity index (χ3n) is 5.89. The Kier molecular flexibility index (Phi) is 5.54. The first-order valence-corrected chi connectivity index (χ1v) is 11.1. The van der Waals surface area contributed by atoms with E-state index in [-0.39, 0.29) is 5.91 Å². The van der Waals surface area contributed by atoms with E-state index in [0.717, 1.165) is 52.9 Å². The lowest BCUT2D eigenvalue weighted by molar-refractivity contribution is 0.0639. The SMILES string of the molecule is Cc1nc(-n2nc(C)c(Cc3ccccc3)c2C)sc1C(=O)N1CCCC[C@H]1C. The fraction of sp³-hybridized carbons (Fsp3) is 0.435. The molecule has 1 aromatic carbocycles. The van der Waals surface area contributed by atoms with Crippen molar-refractivity contribution in [1.82, 2.24) is 19.7 Å². The molecule has 1 aliphatic rings. The van der Waals surface area contributed by atoms with E-state index in [1.54, 1.807) is 0 Å². The zero-order valence-corrected chi connectivity index (χ0v) is 18.4. The second kappa shape index (κ2) is 8.11. The average Bonchev–Trinajstić information content (AvgIpc) is 3.23. The van der Waals surface area contributed by atoms with Crippen LogP contribution < -0.4 is 0 Å². The van der Waals surface area contributed by atoms with Crippen molar-refractivity contribution >= 4 is 17.2 Å². The highest BCUT2D eigenvalue weighted by Gasteiger charge is 2.28. The number of carbonyl (C=O) groups excluding carboxylic acids is 1. The molecule has 3 heterocycles. The number of likely N-dealkylation sites (tertiary alicyclic amines) is 1. The zero-order valence-electron chi connectivity index (χ0n) is 17.6. The molecule has 5 nitrogen and oxygen atoms in total. The number of hydrogen-bond donors (Lipinski definition) is 0. The Morgan fingerprint density at radius 2 is 1.90 bits per heavy atom. The van der Waals surface area contributed by atoms with E-state index in [1.807, 2.05) is 29.5 Å². The molecule has 0 radical (unpaired) electrons. The highest BCUT2D eigenvalue weighted by molar-refractivity contribution is 7.16. The second-order valence-corrected chi connectivity index (χ2v) is 8.96. The molecule has 0 aliphatic carbocycles. The molecule has 0 spiro atoms. The molecule has 0 bridgehead atoms. The number of piperidine rings is 1. The van der Waals surface area contributed by atoms with Gasteiger partial charge in [-0.15, -0.1) is 0 Å². The van der Waals surface area contributed by atoms with E-state index in [1.165, 1.54) is 28.9 Å². The molecule has 1 amide bonds. The quantitative estimate of drug-likeness (QED) is 0.619. The van der Waals surface area contributed by atoms with Gasteiger partial charge in [-0.25, -0.2) is 9.67 Å². The van der Waals surface area contributed by atoms with E-state index in [4.69, 9.17) is 10.1 Å². The van der Waals surface area contributed by atoms with E-state index >= 15 is 0 Å². The van der Waals surface area contributed by atoms with Crippen LogP contribution in [-0.2, 0) is 6.42 Å². The van der Waals surface area contributed by atoms with Gasteiger partial charge in [0.1, 0.15) is 4.88 Å². The van der Waals surface area contributed by atoms with Crippen LogP contribution in [0.1, 0.15) is 64.1 Å². The standard InChI is InChI=1S/C23H28N4OS/c1-15-10-8-9-13-26(15)22(28)21-17(3)24-23(29-21)27-18(4)20(16(2)25-27)14-19-11-6-5-7-12-19/h5-7,11-12,15H,8-10,13-14H2,1-4H3/t15-/m1/s1. The Morgan fingerprint density at radius 3 is 2.62 bits per heavy atom. The van der Waals surface area contributed by atoms with E-state index in [2.05, 4.69) is 38.1 Å². The monoisotopic (exact) mass is 408 g/mol. The molecule has 4 rings (SSSR count). The van der Waals surface area contributed by atoms with Gasteiger partial charge in [-0.2, -0.15) is 5.10 Å². The number of carbonyl (C=O) groups is 1. The van der Waals surface area contributed by atoms with Crippen LogP contribution in [0.5, 0.6) is 0 Å². The Labute approximate surface area is 176 Å². The summed E-state index contributed by atoms with van der Waals surface area (Å²) >= 11 is 1.46. The summed E-state index contributed by atoms with van der Waals surface area (Å²) in [5.74, 6) is 0.115. The van der Waals surface area contributed by atoms with Gasteiger partial charge in [-0.05, 0) is 52.5 Å². The van der Waals surface area contributed by atoms with Crippen LogP contribution in [-0.4, -0.2) is 38.2 Å². The Balaban J connectivity index is 1.64. The van der Waals surface area contributed by atoms with Crippen molar-refractivity contribution in [3.8, 4) is 5.13 Å². The highest BCUT2D eigenvalue weighted by atomic mass is 32.1. The third kappa shape index (κ3) is 3.86. The van der Waals surface area contributed by atoms with Gasteiger partial charge >= 0.3 is 0 Å². The molecule has 0 N–H and O–H groups in total. The van der Waals surface area contributed by atoms with E-state index < -0.39 is 0 Å². The average molecular weight is 409 g/mol. The number of nitrogens with zero attached hydrogens (tertiary/aromatic N) is 4. The first-order valence-electron chi connectivity index (χ1n) is 10.3. The molecule has 0 saturated carbocycles. The molecule has 1 atom stereocenters. The number of benzene rings is 1. The van der Waals surface area contributed by atoms with Crippen LogP contribution in [0.3, 0.4) is 0 Å². The van der Waals surface area contributed by atoms with Crippen molar-refractivity contribution in [2.45, 2.75) is 59.4 Å². The number of amides is 1. The zero-order chi connectivity index (χ0) is 20.5. The van der Waals surface area contributed by atoms with Crippen LogP contribution in [0.2, 0.25) is 0 Å². The van der Waals surface area contributed by atoms with Crippen LogP contribution >= 0.6 is 11.3 Å². The molecular weight excluding hydrogens is 380 g/mol. The number of aryl methyl sites for hydroxylation is 2. The van der Waals surface area contributed by atoms with Gasteiger partial charge < -0.3 is 4.90 Å². The molecule has 1 saturated heterocycles. The topological polar surface area (TPSA) is 51.0 Å². The summed E-state index contributed by atoms with van der Waals surface area (Å²) in [6.07, 6.45) is 4.21. The first-order chi connectivity index (χ1) is 14.0. The number of thiazole rings is 1. The lowest BCUT2D eigenvalue weighted by atomic mass is 10.0. The first kappa shape index (κ1) is 19.8. The summed E-state index contributed by atoms with van der Waals surface area (Å²) in [7, 11) is 0. The summed E-state index contributed by atoms with van der Waals surface area (Å²) in [6.45, 7) is 9.05. The van der Waals surface area contributed by atoms with Crippen molar-refractivity contribution in [3.05, 3.63) is 63.4 Å². The second-order valence-electron chi connectivity index (χ2n) is 7.98. The molecular formula is C23H28N4OS. The molecule has 152 valence electrons. The van der Waals surface area contributed by atoms with Gasteiger partial charge in [-0.1, -0.05) is 41.7 Å². The molecule has 0 unspecified atom stereocenters. The fourth-order valence-corrected chi connectivity index (χ4v) is 5.15. The smallest absolute Gasteiger partial charge is 0.266 e. The lowest BCUT2D eigenvalue weighted by Gasteiger charge is -2.33. The molecule has 1 fully saturated rings. The van der Waals surface area contributed by atoms with Gasteiger partial charge in [-0.3, -0.25) is 4.79 Å². The minimum absolute atomic E-state index is 0.115. The summed E-state index contributed by atoms with van der Waals surface area (Å²) in [5.41, 5.74) is 5.39. The maximum absolute atomic E-state index is 13.1. The van der Waals surface area contributed by atoms with Gasteiger partial charge in [0.05, 0.1) is 11.4 Å². The molecule has 2 aromatic heterocycles. The Morgan fingerprint density at radius 1 is 1.14 bits per heavy atom. The molecule has 6 heteroatoms. The van der Waals surface area contributed by atoms with Crippen molar-refractivity contribution in [2.75, 3.05) is 6.54 Å². The van der Waals surface area contributed by atoms with Crippen LogP contribution in [0.15, 0.2) is 30.3 Å². The van der Waals surface area contributed by atoms with E-state index in [0.29, 0.717) is 6.04 Å². The largest absolute Gasteiger partial charge is 0.335 e. The van der Waals surface area contributed by atoms with Gasteiger partial charge in [0.2, 0.25) is 5.13 Å². The summed E-state index contributed by atoms with van der Waals surface area (Å²) in [4.78, 5) is 20.6. The van der Waals surface area contributed by atoms with Crippen LogP contribution in [0.25, 0.3) is 5.13 Å². The fourth-order valence-electron chi connectivity index (χ4n) is 4.12. The van der Waals surface area contributed by atoms with Crippen molar-refractivity contribution in [3.63, 3.8) is 0 Å². The number of aromatic nitrogens is 3. The minimum atomic E-state index is 0.115. The van der Waals surface area contributed by atoms with Gasteiger partial charge in [0.25, 0.3) is 5.91 Å². The van der Waals surface area contributed by atoms with Crippen LogP contribution in [0, 0.1) is 20.8 Å². The normalized spacial score (nSPS) is 17.0. The third-order valence-corrected chi connectivity index (χ3v) is 7.01. The molecule has 1 aliphatic heterocycles. The summed E-state index contributed by atoms with van der Waals surface area (Å²) in [5, 5.41) is 5.53.